The van der Waals surface area contributed by atoms with E-state index in [4.69, 9.17) is 5.73 Å². The van der Waals surface area contributed by atoms with Gasteiger partial charge in [-0.15, -0.1) is 12.0 Å². The first-order chi connectivity index (χ1) is 29.6. The summed E-state index contributed by atoms with van der Waals surface area (Å²) in [5.74, 6) is -4.01. The van der Waals surface area contributed by atoms with Gasteiger partial charge in [0.2, 0.25) is 0 Å². The maximum atomic E-state index is 10.2. The van der Waals surface area contributed by atoms with Crippen molar-refractivity contribution in [1.82, 2.24) is 0 Å². The van der Waals surface area contributed by atoms with Crippen molar-refractivity contribution < 1.29 is 55.9 Å². The molecule has 0 rings (SSSR count). The van der Waals surface area contributed by atoms with Gasteiger partial charge in [-0.1, -0.05) is 168 Å². The molecule has 354 valence electrons. The zero-order chi connectivity index (χ0) is 47.7. The van der Waals surface area contributed by atoms with E-state index in [1.807, 2.05) is 74.6 Å². The summed E-state index contributed by atoms with van der Waals surface area (Å²) >= 11 is 0. The second-order valence-corrected chi connectivity index (χ2v) is 14.0. The summed E-state index contributed by atoms with van der Waals surface area (Å²) in [6.07, 6.45) is 48.2. The fourth-order valence-electron chi connectivity index (χ4n) is 4.12. The number of aliphatic carboxylic acids is 3. The van der Waals surface area contributed by atoms with E-state index in [1.54, 1.807) is 24.3 Å². The number of carbonyl (C=O) groups excluding carboxylic acids is 3. The molecule has 0 bridgehead atoms. The second kappa shape index (κ2) is 54.5. The van der Waals surface area contributed by atoms with Crippen LogP contribution in [0.15, 0.2) is 122 Å². The molecule has 0 aliphatic heterocycles. The van der Waals surface area contributed by atoms with Gasteiger partial charge in [0.1, 0.15) is 0 Å². The Kier molecular flexibility index (Phi) is 59.1. The molecule has 0 amide bonds. The average Bonchev–Trinajstić information content (AvgIpc) is 3.23. The third-order valence-corrected chi connectivity index (χ3v) is 8.05. The van der Waals surface area contributed by atoms with Gasteiger partial charge < -0.3 is 68.5 Å². The van der Waals surface area contributed by atoms with E-state index in [0.29, 0.717) is 19.3 Å². The number of hydrogen-bond donors (Lipinski definition) is 5. The molecule has 0 saturated heterocycles. The molecule has 0 aliphatic carbocycles. The van der Waals surface area contributed by atoms with Crippen molar-refractivity contribution in [3.05, 3.63) is 134 Å². The van der Waals surface area contributed by atoms with E-state index in [-0.39, 0.29) is 47.8 Å². The number of hydrogen-bond acceptors (Lipinski definition) is 10. The van der Waals surface area contributed by atoms with Crippen LogP contribution in [-0.4, -0.2) is 98.4 Å². The molecule has 0 aromatic heterocycles. The van der Waals surface area contributed by atoms with Crippen molar-refractivity contribution in [2.45, 2.75) is 154 Å². The quantitative estimate of drug-likeness (QED) is 0.0208. The standard InChI is InChI=1S/C20H30O4.C20H32O2.C7H14NO2.C3H6NO2.Mg/c1-2-18(21)14-11-9-7-5-3-4-6-8-10-12-15-19(22)16-13-17-20(23)24;1-3-5-16-20(22)18-15-13-11-9-7-6-8-10-12-14-17-19(21)4-2;1-6(7(9)10)4-2-3-5-8;1-2(4)3(5)6;/h3-4,7-12,14-15,18-19,21-22H,2,5-6,13,16-17H2,1H3,(H,23,24);6-7,10-15,17-22H,3-5,8-9,16H2,1-2H3;6H,1-5,8H2,(H,9,10);2,4H,1H3,(H,5,6);/q;;2*-1;+2/p-2/b4-3-,9-7-,10-8-,14-11+,15-12+;7-6-,12-10-,13-11-,17-14+,18-15+;;;/t18-,19-;19-,20+;6-;2-;/m1100./s1. The summed E-state index contributed by atoms with van der Waals surface area (Å²) in [6.45, 7) is 11.5. The first kappa shape index (κ1) is 68.4. The minimum absolute atomic E-state index is 0. The molecule has 0 aliphatic rings. The smallest absolute Gasteiger partial charge is 0.670 e. The van der Waals surface area contributed by atoms with Crippen molar-refractivity contribution in [2.75, 3.05) is 6.54 Å². The van der Waals surface area contributed by atoms with Gasteiger partial charge in [-0.3, -0.25) is 0 Å². The van der Waals surface area contributed by atoms with Crippen molar-refractivity contribution in [2.24, 2.45) is 5.92 Å². The largest absolute Gasteiger partial charge is 2.00 e. The third kappa shape index (κ3) is 65.1. The molecule has 13 heteroatoms. The predicted molar refractivity (Wildman–Crippen MR) is 253 cm³/mol. The molecule has 0 saturated carbocycles. The van der Waals surface area contributed by atoms with Gasteiger partial charge >= 0.3 is 23.1 Å². The second-order valence-electron chi connectivity index (χ2n) is 14.0. The molecule has 63 heavy (non-hydrogen) atoms. The number of aliphatic hydroxyl groups is 4. The molecule has 0 spiro atoms. The van der Waals surface area contributed by atoms with Crippen LogP contribution in [-0.2, 0) is 14.4 Å². The Hall–Kier alpha value is -3.66. The Morgan fingerprint density at radius 3 is 1.19 bits per heavy atom. The Labute approximate surface area is 396 Å². The molecule has 0 aromatic rings. The van der Waals surface area contributed by atoms with Gasteiger partial charge in [0.15, 0.2) is 0 Å². The number of carboxylic acid groups (broad SMARTS) is 3. The van der Waals surface area contributed by atoms with Gasteiger partial charge in [0.25, 0.3) is 0 Å². The summed E-state index contributed by atoms with van der Waals surface area (Å²) in [7, 11) is 0. The molecule has 0 unspecified atom stereocenters. The Bertz CT molecular complexity index is 1370. The maximum Gasteiger partial charge on any atom is 2.00 e. The van der Waals surface area contributed by atoms with E-state index in [0.717, 1.165) is 77.2 Å². The molecule has 0 fully saturated rings. The number of quaternary nitrogens is 1. The van der Waals surface area contributed by atoms with Gasteiger partial charge in [-0.25, -0.2) is 0 Å². The van der Waals surface area contributed by atoms with Crippen LogP contribution in [0.4, 0.5) is 0 Å². The Morgan fingerprint density at radius 1 is 0.556 bits per heavy atom. The molecule has 8 N–H and O–H groups in total. The summed E-state index contributed by atoms with van der Waals surface area (Å²) in [5, 5.41) is 67.6. The first-order valence-corrected chi connectivity index (χ1v) is 21.9. The zero-order valence-corrected chi connectivity index (χ0v) is 40.1. The molecule has 12 nitrogen and oxygen atoms in total. The Balaban J connectivity index is -0.000000263. The van der Waals surface area contributed by atoms with Crippen LogP contribution in [0.2, 0.25) is 0 Å². The van der Waals surface area contributed by atoms with Crippen molar-refractivity contribution >= 4 is 41.0 Å². The normalized spacial score (nSPS) is 14.8. The number of unbranched alkanes of at least 4 members (excludes halogenated alkanes) is 2. The van der Waals surface area contributed by atoms with E-state index < -0.39 is 36.0 Å². The van der Waals surface area contributed by atoms with Crippen LogP contribution in [0.3, 0.4) is 0 Å². The van der Waals surface area contributed by atoms with E-state index in [2.05, 4.69) is 56.0 Å². The molecular formula is C50H80MgN2O10-2. The fraction of sp³-hybridized carbons (Fsp3) is 0.520. The van der Waals surface area contributed by atoms with Gasteiger partial charge in [-0.05, 0) is 77.0 Å². The monoisotopic (exact) mass is 893 g/mol. The van der Waals surface area contributed by atoms with Gasteiger partial charge in [0.05, 0.1) is 31.0 Å². The summed E-state index contributed by atoms with van der Waals surface area (Å²) in [4.78, 5) is 29.7. The predicted octanol–water partition coefficient (Wildman–Crippen LogP) is 4.86. The first-order valence-electron chi connectivity index (χ1n) is 21.9. The van der Waals surface area contributed by atoms with Crippen molar-refractivity contribution in [3.63, 3.8) is 0 Å². The van der Waals surface area contributed by atoms with Crippen LogP contribution in [0.1, 0.15) is 124 Å². The summed E-state index contributed by atoms with van der Waals surface area (Å²) < 4.78 is 0. The topological polar surface area (TPSA) is 253 Å². The minimum Gasteiger partial charge on any atom is -0.670 e. The van der Waals surface area contributed by atoms with Crippen molar-refractivity contribution in [1.29, 1.82) is 0 Å². The van der Waals surface area contributed by atoms with Crippen LogP contribution < -0.4 is 21.1 Å². The number of nitrogens with one attached hydrogen (secondary N) is 1. The maximum absolute atomic E-state index is 10.2. The third-order valence-electron chi connectivity index (χ3n) is 8.05. The summed E-state index contributed by atoms with van der Waals surface area (Å²) in [5.41, 5.74) is 10.0. The van der Waals surface area contributed by atoms with Crippen LogP contribution in [0.25, 0.3) is 5.73 Å². The number of allylic oxidation sites excluding steroid dienone is 16. The summed E-state index contributed by atoms with van der Waals surface area (Å²) in [6, 6.07) is -1.09. The van der Waals surface area contributed by atoms with Gasteiger partial charge in [-0.2, -0.15) is 0 Å². The number of carboxylic acids is 3. The van der Waals surface area contributed by atoms with Gasteiger partial charge in [0, 0.05) is 17.9 Å². The van der Waals surface area contributed by atoms with Crippen LogP contribution in [0, 0.1) is 12.8 Å². The molecule has 0 heterocycles. The van der Waals surface area contributed by atoms with Crippen LogP contribution in [0.5, 0.6) is 0 Å². The molecular weight excluding hydrogens is 813 g/mol. The van der Waals surface area contributed by atoms with E-state index in [1.165, 1.54) is 6.92 Å². The zero-order valence-electron chi connectivity index (χ0n) is 38.7. The SMILES string of the molecule is CCCC[C@H](O)/C=C/C=C\C/C=C\C/C=C\C=C\[C@H](O)CC.CC[C@@H](O)/C=C/C=C\C/C=C\C/C=C\C=C\[C@@H](O)CCCC(=O)[O-].C[C@H]([NH-])C(=O)[O-].[CH2-][C@@H](CCCC[NH3+])C(=O)[O-].[Mg+2]. The van der Waals surface area contributed by atoms with Crippen molar-refractivity contribution in [3.8, 4) is 0 Å². The number of aliphatic hydroxyl groups excluding tert-OH is 4. The fourth-order valence-corrected chi connectivity index (χ4v) is 4.12. The number of carbonyl (C=O) groups is 3. The Morgan fingerprint density at radius 2 is 0.905 bits per heavy atom. The average molecular weight is 893 g/mol. The number of rotatable bonds is 31. The molecule has 0 aromatic carbocycles. The molecule has 0 radical (unpaired) electrons. The van der Waals surface area contributed by atoms with Crippen LogP contribution >= 0.6 is 0 Å². The van der Waals surface area contributed by atoms with E-state index in [9.17, 15) is 50.1 Å². The molecule has 6 atom stereocenters. The minimum atomic E-state index is -1.32. The van der Waals surface area contributed by atoms with E-state index >= 15 is 0 Å².